The summed E-state index contributed by atoms with van der Waals surface area (Å²) < 4.78 is 44.8. The van der Waals surface area contributed by atoms with Gasteiger partial charge in [0.2, 0.25) is 0 Å². The Balaban J connectivity index is 1.50. The number of hydrogen-bond acceptors (Lipinski definition) is 5. The molecule has 8 heteroatoms. The van der Waals surface area contributed by atoms with Gasteiger partial charge in [-0.05, 0) is 53.9 Å². The van der Waals surface area contributed by atoms with Gasteiger partial charge < -0.3 is 10.1 Å². The Hall–Kier alpha value is -3.13. The van der Waals surface area contributed by atoms with E-state index in [0.29, 0.717) is 11.6 Å². The third kappa shape index (κ3) is 3.85. The molecule has 0 amide bonds. The number of rotatable bonds is 4. The number of alkyl halides is 3. The normalized spacial score (nSPS) is 11.5. The predicted molar refractivity (Wildman–Crippen MR) is 98.7 cm³/mol. The molecular formula is C19H12F3N3OS. The molecule has 0 saturated heterocycles. The Bertz CT molecular complexity index is 1080. The van der Waals surface area contributed by atoms with Crippen LogP contribution in [0, 0.1) is 0 Å². The molecule has 0 aliphatic carbocycles. The minimum Gasteiger partial charge on any atom is -0.457 e. The molecule has 2 aromatic heterocycles. The van der Waals surface area contributed by atoms with Gasteiger partial charge in [0.05, 0.1) is 15.8 Å². The zero-order valence-electron chi connectivity index (χ0n) is 13.7. The third-order valence-corrected chi connectivity index (χ3v) is 4.67. The van der Waals surface area contributed by atoms with Crippen LogP contribution < -0.4 is 10.1 Å². The Morgan fingerprint density at radius 3 is 2.52 bits per heavy atom. The van der Waals surface area contributed by atoms with Crippen LogP contribution in [0.2, 0.25) is 0 Å². The highest BCUT2D eigenvalue weighted by Crippen LogP contribution is 2.33. The van der Waals surface area contributed by atoms with Gasteiger partial charge in [-0.1, -0.05) is 6.07 Å². The molecule has 0 unspecified atom stereocenters. The number of hydrogen-bond donors (Lipinski definition) is 1. The lowest BCUT2D eigenvalue weighted by Crippen LogP contribution is -2.04. The van der Waals surface area contributed by atoms with Crippen LogP contribution in [0.25, 0.3) is 10.2 Å². The zero-order chi connectivity index (χ0) is 18.9. The van der Waals surface area contributed by atoms with E-state index in [-0.39, 0.29) is 5.75 Å². The molecule has 0 atom stereocenters. The predicted octanol–water partition coefficient (Wildman–Crippen LogP) is 6.25. The monoisotopic (exact) mass is 387 g/mol. The Labute approximate surface area is 156 Å². The molecule has 0 radical (unpaired) electrons. The number of anilines is 2. The van der Waals surface area contributed by atoms with Gasteiger partial charge in [0.25, 0.3) is 0 Å². The van der Waals surface area contributed by atoms with Gasteiger partial charge in [0, 0.05) is 5.69 Å². The summed E-state index contributed by atoms with van der Waals surface area (Å²) in [5.74, 6) is 1.26. The molecule has 0 fully saturated rings. The first kappa shape index (κ1) is 17.3. The largest absolute Gasteiger partial charge is 0.457 e. The molecule has 1 N–H and O–H groups in total. The summed E-state index contributed by atoms with van der Waals surface area (Å²) >= 11 is 1.54. The lowest BCUT2D eigenvalue weighted by molar-refractivity contribution is -0.137. The average Bonchev–Trinajstić information content (AvgIpc) is 3.13. The second-order valence-corrected chi connectivity index (χ2v) is 6.55. The van der Waals surface area contributed by atoms with Crippen LogP contribution in [0.1, 0.15) is 5.56 Å². The van der Waals surface area contributed by atoms with Crippen LogP contribution in [0.5, 0.6) is 11.5 Å². The molecule has 0 spiro atoms. The fourth-order valence-electron chi connectivity index (χ4n) is 2.49. The first-order chi connectivity index (χ1) is 13.0. The summed E-state index contributed by atoms with van der Waals surface area (Å²) in [6.07, 6.45) is -2.92. The van der Waals surface area contributed by atoms with E-state index >= 15 is 0 Å². The molecule has 2 heterocycles. The number of halogens is 3. The van der Waals surface area contributed by atoms with E-state index in [0.717, 1.165) is 28.0 Å². The van der Waals surface area contributed by atoms with E-state index < -0.39 is 11.7 Å². The minimum absolute atomic E-state index is 0.127. The van der Waals surface area contributed by atoms with Crippen molar-refractivity contribution in [3.8, 4) is 11.5 Å². The average molecular weight is 387 g/mol. The zero-order valence-corrected chi connectivity index (χ0v) is 14.5. The van der Waals surface area contributed by atoms with E-state index in [4.69, 9.17) is 4.74 Å². The van der Waals surface area contributed by atoms with Gasteiger partial charge >= 0.3 is 6.18 Å². The number of nitrogens with zero attached hydrogens (tertiary/aromatic N) is 2. The van der Waals surface area contributed by atoms with Crippen LogP contribution in [-0.2, 0) is 6.18 Å². The lowest BCUT2D eigenvalue weighted by atomic mass is 10.2. The number of thiophene rings is 1. The van der Waals surface area contributed by atoms with Crippen molar-refractivity contribution < 1.29 is 17.9 Å². The van der Waals surface area contributed by atoms with Crippen LogP contribution in [0.15, 0.2) is 66.3 Å². The maximum absolute atomic E-state index is 12.8. The number of ether oxygens (including phenoxy) is 1. The molecule has 4 rings (SSSR count). The SMILES string of the molecule is FC(F)(F)c1cccc(Oc2ccc(Nc3ncnc4ccsc34)cc2)c1. The van der Waals surface area contributed by atoms with Gasteiger partial charge in [-0.25, -0.2) is 9.97 Å². The number of fused-ring (bicyclic) bond motifs is 1. The fourth-order valence-corrected chi connectivity index (χ4v) is 3.28. The molecule has 136 valence electrons. The second-order valence-electron chi connectivity index (χ2n) is 5.63. The molecular weight excluding hydrogens is 375 g/mol. The summed E-state index contributed by atoms with van der Waals surface area (Å²) in [6, 6.07) is 13.6. The van der Waals surface area contributed by atoms with Gasteiger partial charge in [-0.2, -0.15) is 13.2 Å². The van der Waals surface area contributed by atoms with E-state index in [1.165, 1.54) is 29.8 Å². The van der Waals surface area contributed by atoms with Crippen molar-refractivity contribution in [1.29, 1.82) is 0 Å². The highest BCUT2D eigenvalue weighted by atomic mass is 32.1. The molecule has 27 heavy (non-hydrogen) atoms. The van der Waals surface area contributed by atoms with Crippen LogP contribution in [-0.4, -0.2) is 9.97 Å². The van der Waals surface area contributed by atoms with Gasteiger partial charge in [-0.3, -0.25) is 0 Å². The van der Waals surface area contributed by atoms with Crippen LogP contribution in [0.4, 0.5) is 24.7 Å². The second kappa shape index (κ2) is 6.88. The molecule has 0 bridgehead atoms. The number of benzene rings is 2. The summed E-state index contributed by atoms with van der Waals surface area (Å²) in [6.45, 7) is 0. The van der Waals surface area contributed by atoms with Gasteiger partial charge in [-0.15, -0.1) is 11.3 Å². The van der Waals surface area contributed by atoms with E-state index in [9.17, 15) is 13.2 Å². The molecule has 0 aliphatic rings. The lowest BCUT2D eigenvalue weighted by Gasteiger charge is -2.11. The van der Waals surface area contributed by atoms with Gasteiger partial charge in [0.1, 0.15) is 17.8 Å². The molecule has 2 aromatic carbocycles. The van der Waals surface area contributed by atoms with Crippen LogP contribution in [0.3, 0.4) is 0 Å². The summed E-state index contributed by atoms with van der Waals surface area (Å²) in [4.78, 5) is 8.44. The van der Waals surface area contributed by atoms with Crippen molar-refractivity contribution in [2.45, 2.75) is 6.18 Å². The van der Waals surface area contributed by atoms with Crippen LogP contribution >= 0.6 is 11.3 Å². The first-order valence-electron chi connectivity index (χ1n) is 7.89. The van der Waals surface area contributed by atoms with Crippen molar-refractivity contribution in [1.82, 2.24) is 9.97 Å². The van der Waals surface area contributed by atoms with Crippen molar-refractivity contribution >= 4 is 33.1 Å². The van der Waals surface area contributed by atoms with E-state index in [2.05, 4.69) is 15.3 Å². The Kier molecular flexibility index (Phi) is 4.41. The molecule has 0 aliphatic heterocycles. The van der Waals surface area contributed by atoms with Crippen molar-refractivity contribution in [2.75, 3.05) is 5.32 Å². The Morgan fingerprint density at radius 1 is 0.926 bits per heavy atom. The van der Waals surface area contributed by atoms with E-state index in [1.807, 2.05) is 11.4 Å². The molecule has 4 aromatic rings. The van der Waals surface area contributed by atoms with Gasteiger partial charge in [0.15, 0.2) is 5.82 Å². The van der Waals surface area contributed by atoms with E-state index in [1.54, 1.807) is 24.3 Å². The standard InChI is InChI=1S/C19H12F3N3OS/c20-19(21,22)12-2-1-3-15(10-12)26-14-6-4-13(5-7-14)25-18-17-16(8-9-27-17)23-11-24-18/h1-11H,(H,23,24,25). The topological polar surface area (TPSA) is 47.0 Å². The van der Waals surface area contributed by atoms with Crippen molar-refractivity contribution in [3.05, 3.63) is 71.9 Å². The minimum atomic E-state index is -4.40. The first-order valence-corrected chi connectivity index (χ1v) is 8.77. The molecule has 4 nitrogen and oxygen atoms in total. The third-order valence-electron chi connectivity index (χ3n) is 3.76. The fraction of sp³-hybridized carbons (Fsp3) is 0.0526. The quantitative estimate of drug-likeness (QED) is 0.450. The molecule has 0 saturated carbocycles. The summed E-state index contributed by atoms with van der Waals surface area (Å²) in [7, 11) is 0. The summed E-state index contributed by atoms with van der Waals surface area (Å²) in [5.41, 5.74) is 0.892. The Morgan fingerprint density at radius 2 is 1.74 bits per heavy atom. The highest BCUT2D eigenvalue weighted by Gasteiger charge is 2.30. The summed E-state index contributed by atoms with van der Waals surface area (Å²) in [5, 5.41) is 5.15. The number of nitrogens with one attached hydrogen (secondary N) is 1. The number of aromatic nitrogens is 2. The maximum atomic E-state index is 12.8. The smallest absolute Gasteiger partial charge is 0.416 e. The van der Waals surface area contributed by atoms with Crippen molar-refractivity contribution in [3.63, 3.8) is 0 Å². The highest BCUT2D eigenvalue weighted by molar-refractivity contribution is 7.17. The maximum Gasteiger partial charge on any atom is 0.416 e. The van der Waals surface area contributed by atoms with Crippen molar-refractivity contribution in [2.24, 2.45) is 0 Å².